The summed E-state index contributed by atoms with van der Waals surface area (Å²) in [6, 6.07) is 1.78. The lowest BCUT2D eigenvalue weighted by atomic mass is 9.90. The number of pyridine rings is 1. The topological polar surface area (TPSA) is 89.3 Å². The lowest BCUT2D eigenvalue weighted by molar-refractivity contribution is 0.0953. The minimum atomic E-state index is -0.173. The number of hydrogen-bond donors (Lipinski definition) is 2. The lowest BCUT2D eigenvalue weighted by Crippen LogP contribution is -2.33. The summed E-state index contributed by atoms with van der Waals surface area (Å²) in [6.07, 6.45) is 1.51. The highest BCUT2D eigenvalue weighted by molar-refractivity contribution is 5.97. The average Bonchev–Trinajstić information content (AvgIpc) is 2.93. The Morgan fingerprint density at radius 2 is 2.09 bits per heavy atom. The van der Waals surface area contributed by atoms with Gasteiger partial charge in [-0.1, -0.05) is 25.9 Å². The minimum Gasteiger partial charge on any atom is -0.383 e. The fourth-order valence-electron chi connectivity index (χ4n) is 2.16. The van der Waals surface area contributed by atoms with Crippen molar-refractivity contribution >= 4 is 17.0 Å². The van der Waals surface area contributed by atoms with Crippen LogP contribution in [0.1, 0.15) is 36.8 Å². The molecule has 0 aromatic carbocycles. The van der Waals surface area contributed by atoms with Crippen LogP contribution in [-0.4, -0.2) is 49.4 Å². The molecule has 23 heavy (non-hydrogen) atoms. The van der Waals surface area contributed by atoms with Crippen molar-refractivity contribution in [1.29, 1.82) is 0 Å². The van der Waals surface area contributed by atoms with Gasteiger partial charge in [-0.3, -0.25) is 4.79 Å². The van der Waals surface area contributed by atoms with Crippen molar-refractivity contribution in [2.75, 3.05) is 33.4 Å². The quantitative estimate of drug-likeness (QED) is 0.751. The minimum absolute atomic E-state index is 0.158. The Morgan fingerprint density at radius 1 is 1.30 bits per heavy atom. The first kappa shape index (κ1) is 17.4. The maximum atomic E-state index is 12.2. The second kappa shape index (κ2) is 7.52. The van der Waals surface area contributed by atoms with Crippen molar-refractivity contribution in [3.05, 3.63) is 23.5 Å². The average molecular weight is 320 g/mol. The maximum Gasteiger partial charge on any atom is 0.257 e. The third-order valence-electron chi connectivity index (χ3n) is 3.37. The molecule has 0 bridgehead atoms. The Bertz CT molecular complexity index is 661. The van der Waals surface area contributed by atoms with Crippen molar-refractivity contribution in [1.82, 2.24) is 20.8 Å². The van der Waals surface area contributed by atoms with E-state index in [0.29, 0.717) is 31.0 Å². The van der Waals surface area contributed by atoms with Crippen molar-refractivity contribution in [3.63, 3.8) is 0 Å². The molecule has 0 aliphatic heterocycles. The van der Waals surface area contributed by atoms with E-state index < -0.39 is 0 Å². The normalized spacial score (nSPS) is 11.8. The first-order valence-corrected chi connectivity index (χ1v) is 7.67. The largest absolute Gasteiger partial charge is 0.383 e. The van der Waals surface area contributed by atoms with Crippen molar-refractivity contribution in [2.24, 2.45) is 0 Å². The van der Waals surface area contributed by atoms with Crippen LogP contribution in [0, 0.1) is 0 Å². The van der Waals surface area contributed by atoms with E-state index in [4.69, 9.17) is 9.26 Å². The van der Waals surface area contributed by atoms with Gasteiger partial charge in [-0.15, -0.1) is 0 Å². The molecule has 0 unspecified atom stereocenters. The van der Waals surface area contributed by atoms with Crippen molar-refractivity contribution < 1.29 is 14.1 Å². The summed E-state index contributed by atoms with van der Waals surface area (Å²) >= 11 is 0. The number of carbonyl (C=O) groups is 1. The number of fused-ring (bicyclic) bond motifs is 1. The number of rotatable bonds is 7. The van der Waals surface area contributed by atoms with Gasteiger partial charge in [0.15, 0.2) is 0 Å². The molecular weight excluding hydrogens is 296 g/mol. The van der Waals surface area contributed by atoms with Crippen molar-refractivity contribution in [3.8, 4) is 0 Å². The zero-order valence-corrected chi connectivity index (χ0v) is 14.1. The van der Waals surface area contributed by atoms with Gasteiger partial charge in [0.05, 0.1) is 23.3 Å². The van der Waals surface area contributed by atoms with Crippen LogP contribution < -0.4 is 10.6 Å². The van der Waals surface area contributed by atoms with Crippen LogP contribution in [0.5, 0.6) is 0 Å². The van der Waals surface area contributed by atoms with E-state index >= 15 is 0 Å². The Morgan fingerprint density at radius 3 is 2.78 bits per heavy atom. The van der Waals surface area contributed by atoms with Crippen LogP contribution in [0.25, 0.3) is 11.1 Å². The second-order valence-corrected chi connectivity index (χ2v) is 6.36. The number of hydrogen-bond acceptors (Lipinski definition) is 6. The highest BCUT2D eigenvalue weighted by Gasteiger charge is 2.23. The highest BCUT2D eigenvalue weighted by atomic mass is 16.5. The molecule has 1 amide bonds. The summed E-state index contributed by atoms with van der Waals surface area (Å²) < 4.78 is 10.2. The van der Waals surface area contributed by atoms with Gasteiger partial charge in [0.1, 0.15) is 0 Å². The number of nitrogens with zero attached hydrogens (tertiary/aromatic N) is 2. The summed E-state index contributed by atoms with van der Waals surface area (Å²) in [7, 11) is 1.66. The SMILES string of the molecule is COCCNCCNC(=O)c1cnc2onc(C(C)(C)C)c2c1. The van der Waals surface area contributed by atoms with Crippen molar-refractivity contribution in [2.45, 2.75) is 26.2 Å². The first-order valence-electron chi connectivity index (χ1n) is 7.67. The molecule has 0 fully saturated rings. The summed E-state index contributed by atoms with van der Waals surface area (Å²) in [5, 5.41) is 10.9. The summed E-state index contributed by atoms with van der Waals surface area (Å²) in [6.45, 7) is 8.77. The molecule has 2 aromatic rings. The molecule has 2 rings (SSSR count). The molecule has 2 heterocycles. The van der Waals surface area contributed by atoms with E-state index in [0.717, 1.165) is 17.6 Å². The Balaban J connectivity index is 2.01. The Kier molecular flexibility index (Phi) is 5.68. The molecule has 126 valence electrons. The van der Waals surface area contributed by atoms with Gasteiger partial charge in [0, 0.05) is 38.4 Å². The molecule has 2 aromatic heterocycles. The molecule has 0 radical (unpaired) electrons. The number of amides is 1. The Labute approximate surface area is 135 Å². The summed E-state index contributed by atoms with van der Waals surface area (Å²) in [4.78, 5) is 16.4. The van der Waals surface area contributed by atoms with Gasteiger partial charge in [-0.25, -0.2) is 4.98 Å². The van der Waals surface area contributed by atoms with E-state index in [9.17, 15) is 4.79 Å². The third-order valence-corrected chi connectivity index (χ3v) is 3.37. The van der Waals surface area contributed by atoms with Gasteiger partial charge >= 0.3 is 0 Å². The number of nitrogens with one attached hydrogen (secondary N) is 2. The molecule has 0 atom stereocenters. The van der Waals surface area contributed by atoms with E-state index in [1.54, 1.807) is 13.2 Å². The van der Waals surface area contributed by atoms with Crippen LogP contribution in [0.4, 0.5) is 0 Å². The van der Waals surface area contributed by atoms with Gasteiger partial charge in [-0.2, -0.15) is 0 Å². The lowest BCUT2D eigenvalue weighted by Gasteiger charge is -2.14. The van der Waals surface area contributed by atoms with Gasteiger partial charge in [0.25, 0.3) is 11.6 Å². The van der Waals surface area contributed by atoms with Crippen LogP contribution in [-0.2, 0) is 10.2 Å². The summed E-state index contributed by atoms with van der Waals surface area (Å²) in [5.74, 6) is -0.158. The maximum absolute atomic E-state index is 12.2. The predicted molar refractivity (Wildman–Crippen MR) is 87.6 cm³/mol. The van der Waals surface area contributed by atoms with Gasteiger partial charge in [0.2, 0.25) is 0 Å². The molecule has 7 nitrogen and oxygen atoms in total. The molecule has 7 heteroatoms. The molecule has 0 aliphatic rings. The number of methoxy groups -OCH3 is 1. The number of ether oxygens (including phenoxy) is 1. The first-order chi connectivity index (χ1) is 10.9. The van der Waals surface area contributed by atoms with Crippen LogP contribution in [0.3, 0.4) is 0 Å². The molecule has 0 saturated carbocycles. The molecule has 2 N–H and O–H groups in total. The van der Waals surface area contributed by atoms with Gasteiger partial charge in [-0.05, 0) is 6.07 Å². The molecule has 0 spiro atoms. The second-order valence-electron chi connectivity index (χ2n) is 6.36. The van der Waals surface area contributed by atoms with Crippen LogP contribution in [0.2, 0.25) is 0 Å². The Hall–Kier alpha value is -1.99. The fraction of sp³-hybridized carbons (Fsp3) is 0.562. The van der Waals surface area contributed by atoms with E-state index in [2.05, 4.69) is 20.8 Å². The smallest absolute Gasteiger partial charge is 0.257 e. The molecule has 0 aliphatic carbocycles. The van der Waals surface area contributed by atoms with E-state index in [1.807, 2.05) is 20.8 Å². The third kappa shape index (κ3) is 4.49. The van der Waals surface area contributed by atoms with E-state index in [1.165, 1.54) is 6.20 Å². The van der Waals surface area contributed by atoms with Gasteiger partial charge < -0.3 is 19.9 Å². The van der Waals surface area contributed by atoms with Crippen LogP contribution >= 0.6 is 0 Å². The standard InChI is InChI=1S/C16H24N4O3/c1-16(2,3)13-12-9-11(10-19-15(12)23-20-13)14(21)18-6-5-17-7-8-22-4/h9-10,17H,5-8H2,1-4H3,(H,18,21). The van der Waals surface area contributed by atoms with Crippen LogP contribution in [0.15, 0.2) is 16.8 Å². The summed E-state index contributed by atoms with van der Waals surface area (Å²) in [5.41, 5.74) is 1.58. The zero-order valence-electron chi connectivity index (χ0n) is 14.1. The zero-order chi connectivity index (χ0) is 16.9. The fourth-order valence-corrected chi connectivity index (χ4v) is 2.16. The molecular formula is C16H24N4O3. The van der Waals surface area contributed by atoms with E-state index in [-0.39, 0.29) is 11.3 Å². The monoisotopic (exact) mass is 320 g/mol. The molecule has 0 saturated heterocycles. The highest BCUT2D eigenvalue weighted by Crippen LogP contribution is 2.28. The number of aromatic nitrogens is 2. The predicted octanol–water partition coefficient (Wildman–Crippen LogP) is 1.49. The number of carbonyl (C=O) groups excluding carboxylic acids is 1.